The van der Waals surface area contributed by atoms with Gasteiger partial charge in [-0.25, -0.2) is 0 Å². The van der Waals surface area contributed by atoms with Crippen LogP contribution < -0.4 is 0 Å². The fourth-order valence-electron chi connectivity index (χ4n) is 1.61. The highest BCUT2D eigenvalue weighted by atomic mass is 16.1. The number of carbonyl (C=O) groups excluding carboxylic acids is 1. The lowest BCUT2D eigenvalue weighted by Crippen LogP contribution is -1.88. The van der Waals surface area contributed by atoms with Gasteiger partial charge in [-0.1, -0.05) is 36.4 Å². The Labute approximate surface area is 101 Å². The maximum Gasteiger partial charge on any atom is 0.150 e. The maximum absolute atomic E-state index is 11.0. The zero-order valence-corrected chi connectivity index (χ0v) is 9.41. The molecule has 0 fully saturated rings. The summed E-state index contributed by atoms with van der Waals surface area (Å²) in [6.07, 6.45) is 7.10. The molecule has 2 rings (SSSR count). The molecule has 0 unspecified atom stereocenters. The van der Waals surface area contributed by atoms with Gasteiger partial charge in [-0.15, -0.1) is 0 Å². The molecule has 0 saturated carbocycles. The highest BCUT2D eigenvalue weighted by Gasteiger charge is 1.98. The molecule has 0 aliphatic carbocycles. The third kappa shape index (κ3) is 3.11. The lowest BCUT2D eigenvalue weighted by Gasteiger charge is -2.00. The number of pyridine rings is 1. The van der Waals surface area contributed by atoms with E-state index in [9.17, 15) is 4.79 Å². The van der Waals surface area contributed by atoms with E-state index in [0.717, 1.165) is 29.4 Å². The summed E-state index contributed by atoms with van der Waals surface area (Å²) < 4.78 is 0. The molecule has 0 N–H and O–H groups in total. The molecule has 2 aromatic rings. The van der Waals surface area contributed by atoms with Gasteiger partial charge in [0.25, 0.3) is 0 Å². The van der Waals surface area contributed by atoms with Gasteiger partial charge in [0.05, 0.1) is 0 Å². The smallest absolute Gasteiger partial charge is 0.150 e. The van der Waals surface area contributed by atoms with Crippen molar-refractivity contribution in [3.63, 3.8) is 0 Å². The van der Waals surface area contributed by atoms with Gasteiger partial charge in [0, 0.05) is 18.0 Å². The van der Waals surface area contributed by atoms with Crippen LogP contribution in [0.15, 0.2) is 60.9 Å². The second-order valence-electron chi connectivity index (χ2n) is 3.70. The van der Waals surface area contributed by atoms with Crippen LogP contribution in [-0.2, 0) is 11.2 Å². The Balaban J connectivity index is 2.17. The molecule has 0 spiro atoms. The van der Waals surface area contributed by atoms with Gasteiger partial charge in [-0.05, 0) is 29.7 Å². The summed E-state index contributed by atoms with van der Waals surface area (Å²) in [4.78, 5) is 15.0. The third-order valence-electron chi connectivity index (χ3n) is 2.54. The van der Waals surface area contributed by atoms with E-state index in [1.165, 1.54) is 0 Å². The molecule has 0 saturated heterocycles. The van der Waals surface area contributed by atoms with E-state index in [2.05, 4.69) is 4.98 Å². The Bertz CT molecular complexity index is 503. The SMILES string of the molecule is O=CC(=CCc1ccncc1)c1ccccc1. The number of aldehydes is 1. The summed E-state index contributed by atoms with van der Waals surface area (Å²) in [5, 5.41) is 0. The molecule has 17 heavy (non-hydrogen) atoms. The Kier molecular flexibility index (Phi) is 3.81. The minimum absolute atomic E-state index is 0.724. The van der Waals surface area contributed by atoms with Crippen LogP contribution in [0.5, 0.6) is 0 Å². The highest BCUT2D eigenvalue weighted by Crippen LogP contribution is 2.12. The minimum Gasteiger partial charge on any atom is -0.298 e. The molecule has 84 valence electrons. The van der Waals surface area contributed by atoms with Crippen molar-refractivity contribution in [1.29, 1.82) is 0 Å². The van der Waals surface area contributed by atoms with Gasteiger partial charge >= 0.3 is 0 Å². The van der Waals surface area contributed by atoms with Crippen molar-refractivity contribution in [2.45, 2.75) is 6.42 Å². The van der Waals surface area contributed by atoms with Crippen LogP contribution in [0.25, 0.3) is 5.57 Å². The standard InChI is InChI=1S/C15H13NO/c17-12-15(14-4-2-1-3-5-14)7-6-13-8-10-16-11-9-13/h1-5,7-12H,6H2. The van der Waals surface area contributed by atoms with Crippen LogP contribution in [0.2, 0.25) is 0 Å². The Hall–Kier alpha value is -2.22. The normalized spacial score (nSPS) is 11.2. The highest BCUT2D eigenvalue weighted by molar-refractivity contribution is 6.06. The first-order valence-corrected chi connectivity index (χ1v) is 5.50. The van der Waals surface area contributed by atoms with Crippen molar-refractivity contribution < 1.29 is 4.79 Å². The van der Waals surface area contributed by atoms with Crippen LogP contribution in [0.1, 0.15) is 11.1 Å². The van der Waals surface area contributed by atoms with Gasteiger partial charge in [0.15, 0.2) is 0 Å². The molecule has 2 nitrogen and oxygen atoms in total. The molecule has 2 heteroatoms. The number of carbonyl (C=O) groups is 1. The second-order valence-corrected chi connectivity index (χ2v) is 3.70. The van der Waals surface area contributed by atoms with Crippen molar-refractivity contribution in [2.24, 2.45) is 0 Å². The zero-order chi connectivity index (χ0) is 11.9. The molecule has 0 atom stereocenters. The molecule has 1 aromatic carbocycles. The largest absolute Gasteiger partial charge is 0.298 e. The second kappa shape index (κ2) is 5.75. The number of nitrogens with zero attached hydrogens (tertiary/aromatic N) is 1. The van der Waals surface area contributed by atoms with Crippen LogP contribution in [-0.4, -0.2) is 11.3 Å². The monoisotopic (exact) mass is 223 g/mol. The first-order valence-electron chi connectivity index (χ1n) is 5.50. The minimum atomic E-state index is 0.724. The van der Waals surface area contributed by atoms with Crippen molar-refractivity contribution in [3.05, 3.63) is 72.1 Å². The van der Waals surface area contributed by atoms with Crippen molar-refractivity contribution in [3.8, 4) is 0 Å². The lowest BCUT2D eigenvalue weighted by atomic mass is 10.0. The molecule has 0 aliphatic heterocycles. The molecular formula is C15H13NO. The van der Waals surface area contributed by atoms with Gasteiger partial charge < -0.3 is 0 Å². The topological polar surface area (TPSA) is 30.0 Å². The molecule has 0 radical (unpaired) electrons. The Morgan fingerprint density at radius 2 is 1.76 bits per heavy atom. The molecule has 0 aliphatic rings. The molecule has 1 heterocycles. The van der Waals surface area contributed by atoms with E-state index >= 15 is 0 Å². The predicted molar refractivity (Wildman–Crippen MR) is 68.4 cm³/mol. The summed E-state index contributed by atoms with van der Waals surface area (Å²) in [6, 6.07) is 13.6. The van der Waals surface area contributed by atoms with Crippen molar-refractivity contribution in [1.82, 2.24) is 4.98 Å². The quantitative estimate of drug-likeness (QED) is 0.589. The van der Waals surface area contributed by atoms with E-state index in [4.69, 9.17) is 0 Å². The van der Waals surface area contributed by atoms with E-state index in [1.807, 2.05) is 48.5 Å². The third-order valence-corrected chi connectivity index (χ3v) is 2.54. The summed E-state index contributed by atoms with van der Waals surface area (Å²) in [5.74, 6) is 0. The summed E-state index contributed by atoms with van der Waals surface area (Å²) in [6.45, 7) is 0. The predicted octanol–water partition coefficient (Wildman–Crippen LogP) is 2.91. The molecule has 1 aromatic heterocycles. The average Bonchev–Trinajstić information content (AvgIpc) is 2.42. The van der Waals surface area contributed by atoms with Gasteiger partial charge in [-0.3, -0.25) is 9.78 Å². The maximum atomic E-state index is 11.0. The summed E-state index contributed by atoms with van der Waals surface area (Å²) >= 11 is 0. The number of aromatic nitrogens is 1. The first-order chi connectivity index (χ1) is 8.40. The van der Waals surface area contributed by atoms with Gasteiger partial charge in [0.1, 0.15) is 6.29 Å². The first kappa shape index (κ1) is 11.3. The zero-order valence-electron chi connectivity index (χ0n) is 9.41. The molecule has 0 bridgehead atoms. The molecular weight excluding hydrogens is 210 g/mol. The number of allylic oxidation sites excluding steroid dienone is 2. The van der Waals surface area contributed by atoms with E-state index in [0.29, 0.717) is 0 Å². The van der Waals surface area contributed by atoms with Crippen molar-refractivity contribution in [2.75, 3.05) is 0 Å². The van der Waals surface area contributed by atoms with Crippen LogP contribution in [0.3, 0.4) is 0 Å². The number of rotatable bonds is 4. The summed E-state index contributed by atoms with van der Waals surface area (Å²) in [5.41, 5.74) is 2.83. The molecule has 0 amide bonds. The fourth-order valence-corrected chi connectivity index (χ4v) is 1.61. The lowest BCUT2D eigenvalue weighted by molar-refractivity contribution is -0.103. The number of hydrogen-bond donors (Lipinski definition) is 0. The van der Waals surface area contributed by atoms with Gasteiger partial charge in [0.2, 0.25) is 0 Å². The van der Waals surface area contributed by atoms with Crippen LogP contribution in [0, 0.1) is 0 Å². The van der Waals surface area contributed by atoms with E-state index in [-0.39, 0.29) is 0 Å². The number of benzene rings is 1. The summed E-state index contributed by atoms with van der Waals surface area (Å²) in [7, 11) is 0. The Morgan fingerprint density at radius 1 is 1.06 bits per heavy atom. The van der Waals surface area contributed by atoms with E-state index in [1.54, 1.807) is 12.4 Å². The van der Waals surface area contributed by atoms with Gasteiger partial charge in [-0.2, -0.15) is 0 Å². The van der Waals surface area contributed by atoms with Crippen molar-refractivity contribution >= 4 is 11.9 Å². The fraction of sp³-hybridized carbons (Fsp3) is 0.0667. The van der Waals surface area contributed by atoms with Crippen LogP contribution in [0.4, 0.5) is 0 Å². The Morgan fingerprint density at radius 3 is 2.41 bits per heavy atom. The van der Waals surface area contributed by atoms with E-state index < -0.39 is 0 Å². The van der Waals surface area contributed by atoms with Crippen LogP contribution >= 0.6 is 0 Å². The number of hydrogen-bond acceptors (Lipinski definition) is 2. The average molecular weight is 223 g/mol.